The molecule has 0 aromatic heterocycles. The summed E-state index contributed by atoms with van der Waals surface area (Å²) in [6, 6.07) is 16.6. The highest BCUT2D eigenvalue weighted by molar-refractivity contribution is 6.36. The molecule has 3 aromatic rings. The van der Waals surface area contributed by atoms with Gasteiger partial charge in [-0.3, -0.25) is 4.79 Å². The number of rotatable bonds is 2. The highest BCUT2D eigenvalue weighted by atomic mass is 35.5. The molecule has 3 rings (SSSR count). The Balaban J connectivity index is 2.20. The first-order valence-corrected chi connectivity index (χ1v) is 7.03. The number of nitrogens with two attached hydrogens (primary N) is 1. The van der Waals surface area contributed by atoms with Crippen LogP contribution in [0.5, 0.6) is 0 Å². The first kappa shape index (κ1) is 13.7. The average Bonchev–Trinajstić information content (AvgIpc) is 2.46. The Hall–Kier alpha value is -2.32. The average molecular weight is 296 g/mol. The lowest BCUT2D eigenvalue weighted by molar-refractivity contribution is 0.104. The summed E-state index contributed by atoms with van der Waals surface area (Å²) in [6.45, 7) is 1.92. The summed E-state index contributed by atoms with van der Waals surface area (Å²) in [5.74, 6) is -0.0433. The van der Waals surface area contributed by atoms with Gasteiger partial charge in [0.15, 0.2) is 5.78 Å². The molecular weight excluding hydrogens is 282 g/mol. The summed E-state index contributed by atoms with van der Waals surface area (Å²) in [6.07, 6.45) is 0. The molecule has 2 nitrogen and oxygen atoms in total. The molecule has 0 radical (unpaired) electrons. The van der Waals surface area contributed by atoms with Gasteiger partial charge >= 0.3 is 0 Å². The topological polar surface area (TPSA) is 43.1 Å². The van der Waals surface area contributed by atoms with Gasteiger partial charge in [-0.15, -0.1) is 0 Å². The van der Waals surface area contributed by atoms with E-state index in [4.69, 9.17) is 17.3 Å². The second kappa shape index (κ2) is 5.23. The molecule has 21 heavy (non-hydrogen) atoms. The molecular formula is C18H14ClNO. The maximum Gasteiger partial charge on any atom is 0.193 e. The van der Waals surface area contributed by atoms with Gasteiger partial charge in [-0.25, -0.2) is 0 Å². The molecule has 0 spiro atoms. The van der Waals surface area contributed by atoms with E-state index in [2.05, 4.69) is 0 Å². The van der Waals surface area contributed by atoms with Crippen LogP contribution in [0.3, 0.4) is 0 Å². The van der Waals surface area contributed by atoms with Crippen molar-refractivity contribution in [1.82, 2.24) is 0 Å². The van der Waals surface area contributed by atoms with Crippen LogP contribution in [0.2, 0.25) is 5.02 Å². The largest absolute Gasteiger partial charge is 0.399 e. The summed E-state index contributed by atoms with van der Waals surface area (Å²) in [7, 11) is 0. The van der Waals surface area contributed by atoms with Crippen LogP contribution in [0.1, 0.15) is 21.5 Å². The van der Waals surface area contributed by atoms with Crippen molar-refractivity contribution < 1.29 is 4.79 Å². The third-order valence-corrected chi connectivity index (χ3v) is 3.81. The quantitative estimate of drug-likeness (QED) is 0.554. The standard InChI is InChI=1S/C18H14ClNO/c1-11-8-12(10-13(20)9-11)18(21)16-6-7-17(19)15-5-3-2-4-14(15)16/h2-10H,20H2,1H3. The summed E-state index contributed by atoms with van der Waals surface area (Å²) >= 11 is 6.20. The summed E-state index contributed by atoms with van der Waals surface area (Å²) in [4.78, 5) is 12.8. The Morgan fingerprint density at radius 2 is 1.71 bits per heavy atom. The van der Waals surface area contributed by atoms with Crippen LogP contribution in [0.25, 0.3) is 10.8 Å². The smallest absolute Gasteiger partial charge is 0.193 e. The normalized spacial score (nSPS) is 10.8. The SMILES string of the molecule is Cc1cc(N)cc(C(=O)c2ccc(Cl)c3ccccc23)c1. The van der Waals surface area contributed by atoms with E-state index in [1.54, 1.807) is 18.2 Å². The van der Waals surface area contributed by atoms with Crippen LogP contribution < -0.4 is 5.73 Å². The minimum atomic E-state index is -0.0433. The number of fused-ring (bicyclic) bond motifs is 1. The van der Waals surface area contributed by atoms with E-state index in [0.29, 0.717) is 21.8 Å². The summed E-state index contributed by atoms with van der Waals surface area (Å²) in [5.41, 5.74) is 8.64. The van der Waals surface area contributed by atoms with Gasteiger partial charge in [0.2, 0.25) is 0 Å². The van der Waals surface area contributed by atoms with Crippen molar-refractivity contribution in [2.75, 3.05) is 5.73 Å². The van der Waals surface area contributed by atoms with Crippen LogP contribution in [0.15, 0.2) is 54.6 Å². The van der Waals surface area contributed by atoms with Crippen LogP contribution in [-0.2, 0) is 0 Å². The van der Waals surface area contributed by atoms with Crippen LogP contribution in [0.4, 0.5) is 5.69 Å². The number of carbonyl (C=O) groups excluding carboxylic acids is 1. The predicted molar refractivity (Wildman–Crippen MR) is 88.0 cm³/mol. The number of aryl methyl sites for hydroxylation is 1. The second-order valence-electron chi connectivity index (χ2n) is 5.10. The Morgan fingerprint density at radius 3 is 2.43 bits per heavy atom. The van der Waals surface area contributed by atoms with Crippen molar-refractivity contribution in [2.45, 2.75) is 6.92 Å². The van der Waals surface area contributed by atoms with E-state index in [1.165, 1.54) is 0 Å². The highest BCUT2D eigenvalue weighted by Gasteiger charge is 2.14. The fourth-order valence-electron chi connectivity index (χ4n) is 2.56. The molecule has 0 aliphatic carbocycles. The Morgan fingerprint density at radius 1 is 1.00 bits per heavy atom. The van der Waals surface area contributed by atoms with Gasteiger partial charge in [0.1, 0.15) is 0 Å². The lowest BCUT2D eigenvalue weighted by atomic mass is 9.96. The van der Waals surface area contributed by atoms with Crippen molar-refractivity contribution in [2.24, 2.45) is 0 Å². The number of halogens is 1. The second-order valence-corrected chi connectivity index (χ2v) is 5.51. The molecule has 2 N–H and O–H groups in total. The van der Waals surface area contributed by atoms with Crippen molar-refractivity contribution in [1.29, 1.82) is 0 Å². The number of benzene rings is 3. The van der Waals surface area contributed by atoms with Crippen LogP contribution in [-0.4, -0.2) is 5.78 Å². The zero-order chi connectivity index (χ0) is 15.0. The van der Waals surface area contributed by atoms with E-state index in [1.807, 2.05) is 43.3 Å². The minimum Gasteiger partial charge on any atom is -0.399 e. The highest BCUT2D eigenvalue weighted by Crippen LogP contribution is 2.28. The van der Waals surface area contributed by atoms with Gasteiger partial charge in [-0.1, -0.05) is 35.9 Å². The molecule has 0 aliphatic rings. The van der Waals surface area contributed by atoms with Gasteiger partial charge in [0.05, 0.1) is 0 Å². The Kier molecular flexibility index (Phi) is 3.40. The lowest BCUT2D eigenvalue weighted by Gasteiger charge is -2.09. The molecule has 0 amide bonds. The maximum absolute atomic E-state index is 12.8. The molecule has 0 fully saturated rings. The molecule has 3 heteroatoms. The zero-order valence-corrected chi connectivity index (χ0v) is 12.3. The van der Waals surface area contributed by atoms with Crippen molar-refractivity contribution in [3.8, 4) is 0 Å². The molecule has 0 bridgehead atoms. The monoisotopic (exact) mass is 295 g/mol. The Labute approximate surface area is 128 Å². The predicted octanol–water partition coefficient (Wildman–Crippen LogP) is 4.61. The maximum atomic E-state index is 12.8. The van der Waals surface area contributed by atoms with Gasteiger partial charge in [-0.05, 0) is 48.2 Å². The van der Waals surface area contributed by atoms with Crippen molar-refractivity contribution >= 4 is 33.8 Å². The fourth-order valence-corrected chi connectivity index (χ4v) is 2.79. The number of nitrogen functional groups attached to an aromatic ring is 1. The fraction of sp³-hybridized carbons (Fsp3) is 0.0556. The molecule has 0 unspecified atom stereocenters. The zero-order valence-electron chi connectivity index (χ0n) is 11.6. The molecule has 0 aliphatic heterocycles. The van der Waals surface area contributed by atoms with Gasteiger partial charge in [0, 0.05) is 27.2 Å². The molecule has 3 aromatic carbocycles. The van der Waals surface area contributed by atoms with Crippen molar-refractivity contribution in [3.63, 3.8) is 0 Å². The number of anilines is 1. The molecule has 0 heterocycles. The van der Waals surface area contributed by atoms with E-state index in [9.17, 15) is 4.79 Å². The lowest BCUT2D eigenvalue weighted by Crippen LogP contribution is -2.04. The van der Waals surface area contributed by atoms with E-state index < -0.39 is 0 Å². The van der Waals surface area contributed by atoms with E-state index in [-0.39, 0.29) is 5.78 Å². The first-order chi connectivity index (χ1) is 10.1. The van der Waals surface area contributed by atoms with Crippen LogP contribution in [0, 0.1) is 6.92 Å². The number of hydrogen-bond donors (Lipinski definition) is 1. The summed E-state index contributed by atoms with van der Waals surface area (Å²) < 4.78 is 0. The molecule has 0 saturated heterocycles. The molecule has 104 valence electrons. The third-order valence-electron chi connectivity index (χ3n) is 3.48. The number of ketones is 1. The summed E-state index contributed by atoms with van der Waals surface area (Å²) in [5, 5.41) is 2.38. The number of hydrogen-bond acceptors (Lipinski definition) is 2. The van der Waals surface area contributed by atoms with Gasteiger partial charge in [0.25, 0.3) is 0 Å². The van der Waals surface area contributed by atoms with Crippen molar-refractivity contribution in [3.05, 3.63) is 76.3 Å². The first-order valence-electron chi connectivity index (χ1n) is 6.65. The molecule has 0 atom stereocenters. The van der Waals surface area contributed by atoms with Gasteiger partial charge in [-0.2, -0.15) is 0 Å². The van der Waals surface area contributed by atoms with Crippen LogP contribution >= 0.6 is 11.6 Å². The minimum absolute atomic E-state index is 0.0433. The number of carbonyl (C=O) groups is 1. The third kappa shape index (κ3) is 2.50. The Bertz CT molecular complexity index is 835. The van der Waals surface area contributed by atoms with E-state index in [0.717, 1.165) is 16.3 Å². The van der Waals surface area contributed by atoms with Gasteiger partial charge < -0.3 is 5.73 Å². The molecule has 0 saturated carbocycles. The van der Waals surface area contributed by atoms with E-state index >= 15 is 0 Å².